The number of nitrogens with two attached hydrogens (primary N) is 1. The number of amides is 1. The topological polar surface area (TPSA) is 96.7 Å². The van der Waals surface area contributed by atoms with E-state index in [9.17, 15) is 4.79 Å². The van der Waals surface area contributed by atoms with Gasteiger partial charge in [-0.05, 0) is 37.5 Å². The van der Waals surface area contributed by atoms with Crippen LogP contribution < -0.4 is 11.1 Å². The Kier molecular flexibility index (Phi) is 3.16. The first-order valence-electron chi connectivity index (χ1n) is 6.59. The summed E-state index contributed by atoms with van der Waals surface area (Å²) in [7, 11) is 0. The number of benzene rings is 1. The molecule has 1 aromatic heterocycles. The van der Waals surface area contributed by atoms with Crippen LogP contribution in [-0.2, 0) is 4.79 Å². The van der Waals surface area contributed by atoms with Crippen molar-refractivity contribution in [3.8, 4) is 0 Å². The highest BCUT2D eigenvalue weighted by Crippen LogP contribution is 2.25. The fourth-order valence-electron chi connectivity index (χ4n) is 2.63. The molecule has 1 aliphatic carbocycles. The van der Waals surface area contributed by atoms with Crippen LogP contribution in [0.15, 0.2) is 18.2 Å². The molecular formula is C13H17N5O. The Morgan fingerprint density at radius 2 is 2.16 bits per heavy atom. The Morgan fingerprint density at radius 3 is 3.00 bits per heavy atom. The summed E-state index contributed by atoms with van der Waals surface area (Å²) in [5.41, 5.74) is 8.21. The van der Waals surface area contributed by atoms with E-state index < -0.39 is 0 Å². The molecule has 1 heterocycles. The third kappa shape index (κ3) is 2.58. The second-order valence-corrected chi connectivity index (χ2v) is 5.14. The minimum Gasteiger partial charge on any atom is -0.328 e. The Morgan fingerprint density at radius 1 is 1.32 bits per heavy atom. The summed E-state index contributed by atoms with van der Waals surface area (Å²) >= 11 is 0. The smallest absolute Gasteiger partial charge is 0.227 e. The molecule has 0 aliphatic heterocycles. The second kappa shape index (κ2) is 4.97. The van der Waals surface area contributed by atoms with Gasteiger partial charge in [0.15, 0.2) is 0 Å². The van der Waals surface area contributed by atoms with E-state index >= 15 is 0 Å². The van der Waals surface area contributed by atoms with E-state index in [2.05, 4.69) is 20.7 Å². The molecule has 1 fully saturated rings. The summed E-state index contributed by atoms with van der Waals surface area (Å²) in [6, 6.07) is 5.65. The van der Waals surface area contributed by atoms with Gasteiger partial charge >= 0.3 is 0 Å². The molecule has 0 saturated heterocycles. The Hall–Kier alpha value is -1.95. The molecular weight excluding hydrogens is 242 g/mol. The third-order valence-electron chi connectivity index (χ3n) is 3.67. The molecule has 1 aromatic carbocycles. The van der Waals surface area contributed by atoms with Crippen molar-refractivity contribution in [1.29, 1.82) is 0 Å². The van der Waals surface area contributed by atoms with Crippen molar-refractivity contribution in [2.45, 2.75) is 31.7 Å². The molecule has 0 radical (unpaired) electrons. The number of rotatable bonds is 2. The van der Waals surface area contributed by atoms with Gasteiger partial charge in [0.05, 0.1) is 0 Å². The molecule has 19 heavy (non-hydrogen) atoms. The maximum absolute atomic E-state index is 12.2. The third-order valence-corrected chi connectivity index (χ3v) is 3.67. The van der Waals surface area contributed by atoms with Crippen molar-refractivity contribution in [1.82, 2.24) is 15.4 Å². The van der Waals surface area contributed by atoms with Gasteiger partial charge in [-0.15, -0.1) is 0 Å². The van der Waals surface area contributed by atoms with E-state index in [-0.39, 0.29) is 17.9 Å². The summed E-state index contributed by atoms with van der Waals surface area (Å²) in [4.78, 5) is 12.2. The van der Waals surface area contributed by atoms with Crippen LogP contribution in [0.4, 0.5) is 5.69 Å². The zero-order valence-electron chi connectivity index (χ0n) is 10.6. The molecule has 4 N–H and O–H groups in total. The number of carbonyl (C=O) groups is 1. The number of fused-ring (bicyclic) bond motifs is 1. The SMILES string of the molecule is NC1CCCC(C(=O)Nc2ccc3n[nH]nc3c2)C1. The maximum Gasteiger partial charge on any atom is 0.227 e. The lowest BCUT2D eigenvalue weighted by Crippen LogP contribution is -2.34. The van der Waals surface area contributed by atoms with E-state index in [0.29, 0.717) is 0 Å². The van der Waals surface area contributed by atoms with Crippen LogP contribution in [0.2, 0.25) is 0 Å². The van der Waals surface area contributed by atoms with Crippen molar-refractivity contribution >= 4 is 22.6 Å². The molecule has 0 bridgehead atoms. The Labute approximate surface area is 110 Å². The van der Waals surface area contributed by atoms with Gasteiger partial charge in [-0.3, -0.25) is 4.79 Å². The first-order chi connectivity index (χ1) is 9.22. The van der Waals surface area contributed by atoms with Gasteiger partial charge in [0.1, 0.15) is 11.0 Å². The van der Waals surface area contributed by atoms with Crippen molar-refractivity contribution in [3.63, 3.8) is 0 Å². The fourth-order valence-corrected chi connectivity index (χ4v) is 2.63. The summed E-state index contributed by atoms with van der Waals surface area (Å²) in [6.07, 6.45) is 3.75. The van der Waals surface area contributed by atoms with Gasteiger partial charge in [0.25, 0.3) is 0 Å². The molecule has 2 aromatic rings. The largest absolute Gasteiger partial charge is 0.328 e. The predicted molar refractivity (Wildman–Crippen MR) is 72.5 cm³/mol. The van der Waals surface area contributed by atoms with E-state index in [1.807, 2.05) is 18.2 Å². The van der Waals surface area contributed by atoms with Crippen molar-refractivity contribution in [3.05, 3.63) is 18.2 Å². The number of nitrogens with one attached hydrogen (secondary N) is 2. The van der Waals surface area contributed by atoms with Crippen LogP contribution in [0, 0.1) is 5.92 Å². The van der Waals surface area contributed by atoms with Gasteiger partial charge in [0, 0.05) is 17.6 Å². The van der Waals surface area contributed by atoms with Gasteiger partial charge in [-0.2, -0.15) is 15.4 Å². The first kappa shape index (κ1) is 12.1. The predicted octanol–water partition coefficient (Wildman–Crippen LogP) is 1.41. The normalized spacial score (nSPS) is 23.4. The Balaban J connectivity index is 1.71. The molecule has 6 heteroatoms. The number of nitrogens with zero attached hydrogens (tertiary/aromatic N) is 2. The second-order valence-electron chi connectivity index (χ2n) is 5.14. The maximum atomic E-state index is 12.2. The highest BCUT2D eigenvalue weighted by Gasteiger charge is 2.25. The number of hydrogen-bond acceptors (Lipinski definition) is 4. The van der Waals surface area contributed by atoms with E-state index in [4.69, 9.17) is 5.73 Å². The molecule has 6 nitrogen and oxygen atoms in total. The van der Waals surface area contributed by atoms with Crippen LogP contribution in [-0.4, -0.2) is 27.4 Å². The van der Waals surface area contributed by atoms with Crippen LogP contribution in [0.3, 0.4) is 0 Å². The van der Waals surface area contributed by atoms with Crippen LogP contribution >= 0.6 is 0 Å². The summed E-state index contributed by atoms with van der Waals surface area (Å²) in [6.45, 7) is 0. The van der Waals surface area contributed by atoms with Gasteiger partial charge in [-0.1, -0.05) is 6.42 Å². The van der Waals surface area contributed by atoms with Gasteiger partial charge in [-0.25, -0.2) is 0 Å². The lowest BCUT2D eigenvalue weighted by Gasteiger charge is -2.25. The number of aromatic nitrogens is 3. The number of H-pyrrole nitrogens is 1. The summed E-state index contributed by atoms with van der Waals surface area (Å²) in [5.74, 6) is 0.0785. The molecule has 2 unspecified atom stereocenters. The highest BCUT2D eigenvalue weighted by atomic mass is 16.1. The summed E-state index contributed by atoms with van der Waals surface area (Å²) < 4.78 is 0. The standard InChI is InChI=1S/C13H17N5O/c14-9-3-1-2-8(6-9)13(19)15-10-4-5-11-12(7-10)17-18-16-11/h4-5,7-9H,1-3,6,14H2,(H,15,19)(H,16,17,18). The lowest BCUT2D eigenvalue weighted by molar-refractivity contribution is -0.120. The zero-order chi connectivity index (χ0) is 13.2. The lowest BCUT2D eigenvalue weighted by atomic mass is 9.85. The van der Waals surface area contributed by atoms with E-state index in [0.717, 1.165) is 42.4 Å². The number of hydrogen-bond donors (Lipinski definition) is 3. The molecule has 2 atom stereocenters. The molecule has 0 spiro atoms. The number of aromatic amines is 1. The van der Waals surface area contributed by atoms with Gasteiger partial charge in [0.2, 0.25) is 5.91 Å². The van der Waals surface area contributed by atoms with Crippen LogP contribution in [0.1, 0.15) is 25.7 Å². The van der Waals surface area contributed by atoms with E-state index in [1.165, 1.54) is 0 Å². The van der Waals surface area contributed by atoms with Crippen LogP contribution in [0.25, 0.3) is 11.0 Å². The van der Waals surface area contributed by atoms with E-state index in [1.54, 1.807) is 0 Å². The minimum absolute atomic E-state index is 0.0248. The van der Waals surface area contributed by atoms with Crippen molar-refractivity contribution in [2.24, 2.45) is 11.7 Å². The minimum atomic E-state index is 0.0248. The first-order valence-corrected chi connectivity index (χ1v) is 6.59. The average Bonchev–Trinajstić information content (AvgIpc) is 2.86. The average molecular weight is 259 g/mol. The molecule has 3 rings (SSSR count). The Bertz CT molecular complexity index is 593. The molecule has 1 aliphatic rings. The molecule has 1 saturated carbocycles. The fraction of sp³-hybridized carbons (Fsp3) is 0.462. The highest BCUT2D eigenvalue weighted by molar-refractivity contribution is 5.94. The number of carbonyl (C=O) groups excluding carboxylic acids is 1. The molecule has 1 amide bonds. The van der Waals surface area contributed by atoms with Crippen molar-refractivity contribution in [2.75, 3.05) is 5.32 Å². The van der Waals surface area contributed by atoms with Gasteiger partial charge < -0.3 is 11.1 Å². The monoisotopic (exact) mass is 259 g/mol. The number of anilines is 1. The van der Waals surface area contributed by atoms with Crippen LogP contribution in [0.5, 0.6) is 0 Å². The summed E-state index contributed by atoms with van der Waals surface area (Å²) in [5, 5.41) is 13.5. The quantitative estimate of drug-likeness (QED) is 0.759. The zero-order valence-corrected chi connectivity index (χ0v) is 10.6. The van der Waals surface area contributed by atoms with Crippen molar-refractivity contribution < 1.29 is 4.79 Å². The molecule has 100 valence electrons.